The monoisotopic (exact) mass is 450 g/mol. The molecule has 7 rings (SSSR count). The Bertz CT molecular complexity index is 1620. The van der Waals surface area contributed by atoms with E-state index in [2.05, 4.69) is 111 Å². The minimum Gasteiger partial charge on any atom is -0.458 e. The van der Waals surface area contributed by atoms with Crippen LogP contribution >= 0.6 is 0 Å². The SMILES string of the molecule is Cc1ccccc1-c1cc2c3c(c1)Oc1ccc(-c4ccccc4C)cc1B3c1ccccc1O2. The van der Waals surface area contributed by atoms with Gasteiger partial charge < -0.3 is 9.47 Å². The summed E-state index contributed by atoms with van der Waals surface area (Å²) < 4.78 is 13.1. The maximum Gasteiger partial charge on any atom is 0.260 e. The zero-order valence-electron chi connectivity index (χ0n) is 19.7. The molecule has 0 saturated carbocycles. The lowest BCUT2D eigenvalue weighted by Crippen LogP contribution is -2.57. The normalized spacial score (nSPS) is 12.7. The van der Waals surface area contributed by atoms with Crippen LogP contribution in [0.2, 0.25) is 0 Å². The zero-order chi connectivity index (χ0) is 23.5. The van der Waals surface area contributed by atoms with Gasteiger partial charge in [-0.2, -0.15) is 0 Å². The van der Waals surface area contributed by atoms with Crippen LogP contribution in [-0.2, 0) is 0 Å². The molecule has 0 spiro atoms. The van der Waals surface area contributed by atoms with Crippen molar-refractivity contribution in [2.24, 2.45) is 0 Å². The molecular weight excluding hydrogens is 427 g/mol. The van der Waals surface area contributed by atoms with E-state index in [-0.39, 0.29) is 6.71 Å². The van der Waals surface area contributed by atoms with E-state index >= 15 is 0 Å². The molecule has 35 heavy (non-hydrogen) atoms. The van der Waals surface area contributed by atoms with Crippen LogP contribution in [0.5, 0.6) is 23.0 Å². The molecular formula is C32H23BO2. The van der Waals surface area contributed by atoms with Crippen LogP contribution in [0.1, 0.15) is 11.1 Å². The number of ether oxygens (including phenoxy) is 2. The Morgan fingerprint density at radius 3 is 1.74 bits per heavy atom. The fourth-order valence-electron chi connectivity index (χ4n) is 5.57. The number of aryl methyl sites for hydroxylation is 2. The summed E-state index contributed by atoms with van der Waals surface area (Å²) in [7, 11) is 0. The van der Waals surface area contributed by atoms with E-state index in [9.17, 15) is 0 Å². The van der Waals surface area contributed by atoms with E-state index in [1.54, 1.807) is 0 Å². The number of hydrogen-bond acceptors (Lipinski definition) is 2. The summed E-state index contributed by atoms with van der Waals surface area (Å²) in [4.78, 5) is 0. The molecule has 0 saturated heterocycles. The van der Waals surface area contributed by atoms with Crippen molar-refractivity contribution >= 4 is 23.1 Å². The van der Waals surface area contributed by atoms with Crippen molar-refractivity contribution in [3.63, 3.8) is 0 Å². The Balaban J connectivity index is 1.46. The van der Waals surface area contributed by atoms with Gasteiger partial charge in [-0.1, -0.05) is 78.9 Å². The Morgan fingerprint density at radius 1 is 0.486 bits per heavy atom. The predicted octanol–water partition coefficient (Wildman–Crippen LogP) is 6.37. The Kier molecular flexibility index (Phi) is 4.40. The number of para-hydroxylation sites is 1. The van der Waals surface area contributed by atoms with Crippen LogP contribution in [0.25, 0.3) is 22.3 Å². The van der Waals surface area contributed by atoms with Gasteiger partial charge in [-0.3, -0.25) is 0 Å². The second kappa shape index (κ2) is 7.64. The molecule has 5 aromatic carbocycles. The van der Waals surface area contributed by atoms with E-state index < -0.39 is 0 Å². The van der Waals surface area contributed by atoms with Crippen LogP contribution in [-0.4, -0.2) is 6.71 Å². The fourth-order valence-corrected chi connectivity index (χ4v) is 5.57. The van der Waals surface area contributed by atoms with Crippen molar-refractivity contribution in [1.29, 1.82) is 0 Å². The quantitative estimate of drug-likeness (QED) is 0.285. The van der Waals surface area contributed by atoms with Crippen LogP contribution < -0.4 is 25.9 Å². The number of hydrogen-bond donors (Lipinski definition) is 0. The largest absolute Gasteiger partial charge is 0.458 e. The first kappa shape index (κ1) is 20.2. The van der Waals surface area contributed by atoms with Crippen molar-refractivity contribution in [3.8, 4) is 45.3 Å². The second-order valence-corrected chi connectivity index (χ2v) is 9.44. The van der Waals surface area contributed by atoms with Gasteiger partial charge in [0.25, 0.3) is 6.71 Å². The minimum absolute atomic E-state index is 0.0589. The van der Waals surface area contributed by atoms with Crippen molar-refractivity contribution in [3.05, 3.63) is 114 Å². The molecule has 166 valence electrons. The average molecular weight is 450 g/mol. The van der Waals surface area contributed by atoms with Crippen LogP contribution in [0, 0.1) is 13.8 Å². The van der Waals surface area contributed by atoms with Crippen LogP contribution in [0.15, 0.2) is 103 Å². The lowest BCUT2D eigenvalue weighted by atomic mass is 9.34. The van der Waals surface area contributed by atoms with E-state index in [1.807, 2.05) is 6.07 Å². The number of rotatable bonds is 2. The van der Waals surface area contributed by atoms with Gasteiger partial charge in [0.2, 0.25) is 0 Å². The average Bonchev–Trinajstić information content (AvgIpc) is 2.88. The summed E-state index contributed by atoms with van der Waals surface area (Å²) in [6, 6.07) is 36.3. The van der Waals surface area contributed by atoms with Gasteiger partial charge in [0.05, 0.1) is 0 Å². The summed E-state index contributed by atoms with van der Waals surface area (Å²) in [6.07, 6.45) is 0. The Morgan fingerprint density at radius 2 is 1.06 bits per heavy atom. The first-order valence-corrected chi connectivity index (χ1v) is 12.1. The maximum atomic E-state index is 6.58. The Hall–Kier alpha value is -4.24. The lowest BCUT2D eigenvalue weighted by molar-refractivity contribution is 0.465. The maximum absolute atomic E-state index is 6.58. The minimum atomic E-state index is 0.0589. The lowest BCUT2D eigenvalue weighted by Gasteiger charge is -2.33. The third kappa shape index (κ3) is 3.12. The molecule has 0 aromatic heterocycles. The van der Waals surface area contributed by atoms with Gasteiger partial charge in [0.1, 0.15) is 23.0 Å². The highest BCUT2D eigenvalue weighted by atomic mass is 16.5. The first-order chi connectivity index (χ1) is 17.2. The zero-order valence-corrected chi connectivity index (χ0v) is 19.7. The highest BCUT2D eigenvalue weighted by molar-refractivity contribution is 6.98. The van der Waals surface area contributed by atoms with Crippen molar-refractivity contribution in [2.75, 3.05) is 0 Å². The summed E-state index contributed by atoms with van der Waals surface area (Å²) in [5.41, 5.74) is 10.7. The molecule has 2 aliphatic rings. The first-order valence-electron chi connectivity index (χ1n) is 12.1. The van der Waals surface area contributed by atoms with Crippen molar-refractivity contribution in [2.45, 2.75) is 13.8 Å². The van der Waals surface area contributed by atoms with Gasteiger partial charge in [-0.25, -0.2) is 0 Å². The van der Waals surface area contributed by atoms with E-state index in [0.717, 1.165) is 34.0 Å². The molecule has 3 heteroatoms. The Labute approximate surface area is 205 Å². The molecule has 0 N–H and O–H groups in total. The van der Waals surface area contributed by atoms with E-state index in [1.165, 1.54) is 38.7 Å². The van der Waals surface area contributed by atoms with Gasteiger partial charge in [-0.15, -0.1) is 0 Å². The fraction of sp³-hybridized carbons (Fsp3) is 0.0625. The molecule has 2 aliphatic heterocycles. The highest BCUT2D eigenvalue weighted by Crippen LogP contribution is 2.39. The topological polar surface area (TPSA) is 18.5 Å². The number of fused-ring (bicyclic) bond motifs is 4. The van der Waals surface area contributed by atoms with Crippen LogP contribution in [0.4, 0.5) is 0 Å². The van der Waals surface area contributed by atoms with Gasteiger partial charge in [-0.05, 0) is 82.4 Å². The molecule has 0 bridgehead atoms. The van der Waals surface area contributed by atoms with E-state index in [0.29, 0.717) is 0 Å². The van der Waals surface area contributed by atoms with Gasteiger partial charge in [0, 0.05) is 5.46 Å². The molecule has 0 aliphatic carbocycles. The van der Waals surface area contributed by atoms with Crippen LogP contribution in [0.3, 0.4) is 0 Å². The molecule has 0 amide bonds. The molecule has 0 atom stereocenters. The molecule has 0 fully saturated rings. The molecule has 5 aromatic rings. The standard InChI is InChI=1S/C32H23BO2/c1-20-9-3-5-11-24(20)22-15-16-29-27(17-22)33-26-13-7-8-14-28(26)34-30-18-23(19-31(35-29)32(30)33)25-12-6-4-10-21(25)2/h3-19H,1-2H3. The molecule has 0 unspecified atom stereocenters. The summed E-state index contributed by atoms with van der Waals surface area (Å²) >= 11 is 0. The van der Waals surface area contributed by atoms with Crippen molar-refractivity contribution < 1.29 is 9.47 Å². The third-order valence-electron chi connectivity index (χ3n) is 7.30. The van der Waals surface area contributed by atoms with E-state index in [4.69, 9.17) is 9.47 Å². The molecule has 2 nitrogen and oxygen atoms in total. The summed E-state index contributed by atoms with van der Waals surface area (Å²) in [6.45, 7) is 4.36. The van der Waals surface area contributed by atoms with Crippen molar-refractivity contribution in [1.82, 2.24) is 0 Å². The second-order valence-electron chi connectivity index (χ2n) is 9.44. The van der Waals surface area contributed by atoms with Gasteiger partial charge >= 0.3 is 0 Å². The predicted molar refractivity (Wildman–Crippen MR) is 144 cm³/mol. The third-order valence-corrected chi connectivity index (χ3v) is 7.30. The van der Waals surface area contributed by atoms with Gasteiger partial charge in [0.15, 0.2) is 0 Å². The molecule has 2 heterocycles. The summed E-state index contributed by atoms with van der Waals surface area (Å²) in [5, 5.41) is 0. The highest BCUT2D eigenvalue weighted by Gasteiger charge is 2.40. The number of benzene rings is 5. The smallest absolute Gasteiger partial charge is 0.260 e. The molecule has 0 radical (unpaired) electrons. The summed E-state index contributed by atoms with van der Waals surface area (Å²) in [5.74, 6) is 3.56.